The fraction of sp³-hybridized carbons (Fsp3) is 0.643. The molecule has 4 heteroatoms. The van der Waals surface area contributed by atoms with Gasteiger partial charge in [0, 0.05) is 11.3 Å². The largest absolute Gasteiger partial charge is 0.349 e. The van der Waals surface area contributed by atoms with Crippen LogP contribution in [-0.4, -0.2) is 12.5 Å². The lowest BCUT2D eigenvalue weighted by atomic mass is 9.96. The maximum Gasteiger partial charge on any atom is 0.220 e. The van der Waals surface area contributed by atoms with E-state index in [1.54, 1.807) is 11.3 Å². The van der Waals surface area contributed by atoms with E-state index in [-0.39, 0.29) is 11.9 Å². The quantitative estimate of drug-likeness (QED) is 0.761. The first-order chi connectivity index (χ1) is 8.67. The highest BCUT2D eigenvalue weighted by Gasteiger charge is 2.12. The number of nitrogens with two attached hydrogens (primary N) is 1. The molecule has 1 heterocycles. The number of hydrogen-bond acceptors (Lipinski definition) is 3. The van der Waals surface area contributed by atoms with Gasteiger partial charge in [0.25, 0.3) is 0 Å². The zero-order valence-corrected chi connectivity index (χ0v) is 12.1. The average Bonchev–Trinajstić information content (AvgIpc) is 2.88. The van der Waals surface area contributed by atoms with Crippen LogP contribution in [-0.2, 0) is 4.79 Å². The summed E-state index contributed by atoms with van der Waals surface area (Å²) in [5.74, 6) is 0.726. The summed E-state index contributed by atoms with van der Waals surface area (Å²) in [5, 5.41) is 5.08. The molecule has 0 fully saturated rings. The summed E-state index contributed by atoms with van der Waals surface area (Å²) < 4.78 is 0. The summed E-state index contributed by atoms with van der Waals surface area (Å²) in [4.78, 5) is 13.0. The molecule has 1 aromatic rings. The zero-order valence-electron chi connectivity index (χ0n) is 11.3. The first-order valence-corrected chi connectivity index (χ1v) is 7.58. The van der Waals surface area contributed by atoms with Gasteiger partial charge in [0.05, 0.1) is 6.04 Å². The molecule has 0 aliphatic rings. The van der Waals surface area contributed by atoms with Crippen LogP contribution in [0.4, 0.5) is 0 Å². The Morgan fingerprint density at radius 3 is 2.83 bits per heavy atom. The molecule has 3 N–H and O–H groups in total. The molecule has 0 aliphatic carbocycles. The van der Waals surface area contributed by atoms with Gasteiger partial charge in [-0.15, -0.1) is 11.3 Å². The topological polar surface area (TPSA) is 55.1 Å². The highest BCUT2D eigenvalue weighted by Crippen LogP contribution is 2.19. The highest BCUT2D eigenvalue weighted by molar-refractivity contribution is 7.10. The molecule has 0 saturated carbocycles. The van der Waals surface area contributed by atoms with E-state index in [9.17, 15) is 4.79 Å². The summed E-state index contributed by atoms with van der Waals surface area (Å²) in [7, 11) is 0. The van der Waals surface area contributed by atoms with E-state index < -0.39 is 0 Å². The maximum atomic E-state index is 11.8. The maximum absolute atomic E-state index is 11.8. The standard InChI is InChI=1S/C14H24N2OS/c1-3-12(8-9-15)6-7-14(17)16-11(2)13-5-4-10-18-13/h4-5,10-12H,3,6-9,15H2,1-2H3,(H,16,17)/t11-,12?/m0/s1. The summed E-state index contributed by atoms with van der Waals surface area (Å²) in [6.07, 6.45) is 3.67. The van der Waals surface area contributed by atoms with Gasteiger partial charge < -0.3 is 11.1 Å². The van der Waals surface area contributed by atoms with Gasteiger partial charge in [-0.05, 0) is 43.7 Å². The minimum absolute atomic E-state index is 0.118. The molecule has 1 rings (SSSR count). The minimum atomic E-state index is 0.118. The van der Waals surface area contributed by atoms with E-state index in [2.05, 4.69) is 18.3 Å². The van der Waals surface area contributed by atoms with Crippen molar-refractivity contribution in [1.29, 1.82) is 0 Å². The average molecular weight is 268 g/mol. The van der Waals surface area contributed by atoms with Crippen LogP contribution < -0.4 is 11.1 Å². The van der Waals surface area contributed by atoms with Crippen LogP contribution in [0.1, 0.15) is 50.4 Å². The molecule has 2 atom stereocenters. The van der Waals surface area contributed by atoms with Gasteiger partial charge >= 0.3 is 0 Å². The van der Waals surface area contributed by atoms with E-state index in [1.807, 2.05) is 18.4 Å². The molecule has 0 aliphatic heterocycles. The van der Waals surface area contributed by atoms with Crippen molar-refractivity contribution in [3.05, 3.63) is 22.4 Å². The fourth-order valence-corrected chi connectivity index (χ4v) is 2.78. The molecular weight excluding hydrogens is 244 g/mol. The number of carbonyl (C=O) groups excluding carboxylic acids is 1. The third kappa shape index (κ3) is 5.19. The van der Waals surface area contributed by atoms with Crippen molar-refractivity contribution in [1.82, 2.24) is 5.32 Å². The second kappa shape index (κ2) is 8.27. The van der Waals surface area contributed by atoms with Crippen molar-refractivity contribution in [3.8, 4) is 0 Å². The van der Waals surface area contributed by atoms with Crippen molar-refractivity contribution in [2.75, 3.05) is 6.54 Å². The summed E-state index contributed by atoms with van der Waals surface area (Å²) >= 11 is 1.68. The summed E-state index contributed by atoms with van der Waals surface area (Å²) in [5.41, 5.74) is 5.56. The first kappa shape index (κ1) is 15.2. The molecule has 0 bridgehead atoms. The minimum Gasteiger partial charge on any atom is -0.349 e. The Bertz CT molecular complexity index is 338. The van der Waals surface area contributed by atoms with Crippen LogP contribution in [0, 0.1) is 5.92 Å². The number of amides is 1. The molecule has 18 heavy (non-hydrogen) atoms. The smallest absolute Gasteiger partial charge is 0.220 e. The van der Waals surface area contributed by atoms with E-state index in [1.165, 1.54) is 4.88 Å². The third-order valence-electron chi connectivity index (χ3n) is 3.28. The monoisotopic (exact) mass is 268 g/mol. The highest BCUT2D eigenvalue weighted by atomic mass is 32.1. The molecule has 1 aromatic heterocycles. The number of carbonyl (C=O) groups is 1. The van der Waals surface area contributed by atoms with Crippen molar-refractivity contribution >= 4 is 17.2 Å². The van der Waals surface area contributed by atoms with E-state index in [0.717, 1.165) is 19.3 Å². The molecule has 1 amide bonds. The Hall–Kier alpha value is -0.870. The van der Waals surface area contributed by atoms with Crippen LogP contribution >= 0.6 is 11.3 Å². The zero-order chi connectivity index (χ0) is 13.4. The van der Waals surface area contributed by atoms with Crippen molar-refractivity contribution in [2.24, 2.45) is 11.7 Å². The molecule has 0 spiro atoms. The van der Waals surface area contributed by atoms with Gasteiger partial charge in [0.2, 0.25) is 5.91 Å². The van der Waals surface area contributed by atoms with E-state index >= 15 is 0 Å². The van der Waals surface area contributed by atoms with Crippen LogP contribution in [0.15, 0.2) is 17.5 Å². The SMILES string of the molecule is CCC(CCN)CCC(=O)N[C@@H](C)c1cccs1. The van der Waals surface area contributed by atoms with E-state index in [0.29, 0.717) is 18.9 Å². The Labute approximate surface area is 114 Å². The van der Waals surface area contributed by atoms with Crippen LogP contribution in [0.2, 0.25) is 0 Å². The van der Waals surface area contributed by atoms with Crippen molar-refractivity contribution in [2.45, 2.75) is 45.6 Å². The predicted octanol–water partition coefficient (Wildman–Crippen LogP) is 3.08. The molecule has 1 unspecified atom stereocenters. The van der Waals surface area contributed by atoms with Crippen LogP contribution in [0.25, 0.3) is 0 Å². The molecule has 102 valence electrons. The fourth-order valence-electron chi connectivity index (χ4n) is 2.05. The lowest BCUT2D eigenvalue weighted by Crippen LogP contribution is -2.26. The number of nitrogens with one attached hydrogen (secondary N) is 1. The lowest BCUT2D eigenvalue weighted by Gasteiger charge is -2.15. The van der Waals surface area contributed by atoms with Crippen LogP contribution in [0.3, 0.4) is 0 Å². The van der Waals surface area contributed by atoms with Gasteiger partial charge in [0.15, 0.2) is 0 Å². The molecule has 0 radical (unpaired) electrons. The van der Waals surface area contributed by atoms with Crippen molar-refractivity contribution < 1.29 is 4.79 Å². The van der Waals surface area contributed by atoms with Gasteiger partial charge in [-0.3, -0.25) is 4.79 Å². The Morgan fingerprint density at radius 2 is 2.28 bits per heavy atom. The predicted molar refractivity (Wildman–Crippen MR) is 77.6 cm³/mol. The lowest BCUT2D eigenvalue weighted by molar-refractivity contribution is -0.122. The second-order valence-electron chi connectivity index (χ2n) is 4.69. The number of thiophene rings is 1. The first-order valence-electron chi connectivity index (χ1n) is 6.70. The van der Waals surface area contributed by atoms with E-state index in [4.69, 9.17) is 5.73 Å². The Kier molecular flexibility index (Phi) is 6.98. The normalized spacial score (nSPS) is 14.2. The molecule has 3 nitrogen and oxygen atoms in total. The Morgan fingerprint density at radius 1 is 1.50 bits per heavy atom. The molecule has 0 aromatic carbocycles. The number of rotatable bonds is 8. The third-order valence-corrected chi connectivity index (χ3v) is 4.33. The molecule has 0 saturated heterocycles. The number of hydrogen-bond donors (Lipinski definition) is 2. The molecular formula is C14H24N2OS. The van der Waals surface area contributed by atoms with Crippen LogP contribution in [0.5, 0.6) is 0 Å². The van der Waals surface area contributed by atoms with Gasteiger partial charge in [-0.2, -0.15) is 0 Å². The van der Waals surface area contributed by atoms with Gasteiger partial charge in [-0.25, -0.2) is 0 Å². The van der Waals surface area contributed by atoms with Gasteiger partial charge in [-0.1, -0.05) is 19.4 Å². The second-order valence-corrected chi connectivity index (χ2v) is 5.67. The van der Waals surface area contributed by atoms with Crippen molar-refractivity contribution in [3.63, 3.8) is 0 Å². The summed E-state index contributed by atoms with van der Waals surface area (Å²) in [6, 6.07) is 4.18. The summed E-state index contributed by atoms with van der Waals surface area (Å²) in [6.45, 7) is 4.90. The van der Waals surface area contributed by atoms with Gasteiger partial charge in [0.1, 0.15) is 0 Å². The Balaban J connectivity index is 2.29.